The van der Waals surface area contributed by atoms with E-state index in [0.717, 1.165) is 11.1 Å². The Hall–Kier alpha value is -2.71. The number of anilines is 1. The van der Waals surface area contributed by atoms with Gasteiger partial charge in [-0.1, -0.05) is 55.8 Å². The van der Waals surface area contributed by atoms with Crippen LogP contribution >= 0.6 is 0 Å². The second kappa shape index (κ2) is 10.9. The van der Waals surface area contributed by atoms with Gasteiger partial charge in [-0.2, -0.15) is 0 Å². The first-order valence-electron chi connectivity index (χ1n) is 11.4. The minimum Gasteiger partial charge on any atom is -0.352 e. The average Bonchev–Trinajstić information content (AvgIpc) is 2.79. The maximum atomic E-state index is 12.9. The van der Waals surface area contributed by atoms with E-state index in [-0.39, 0.29) is 23.5 Å². The zero-order valence-corrected chi connectivity index (χ0v) is 20.3. The third-order valence-corrected chi connectivity index (χ3v) is 7.64. The Kier molecular flexibility index (Phi) is 8.26. The summed E-state index contributed by atoms with van der Waals surface area (Å²) in [6, 6.07) is 14.4. The fourth-order valence-electron chi connectivity index (χ4n) is 3.80. The summed E-state index contributed by atoms with van der Waals surface area (Å²) in [5, 5.41) is 5.75. The molecule has 2 N–H and O–H groups in total. The van der Waals surface area contributed by atoms with Gasteiger partial charge < -0.3 is 10.6 Å². The molecule has 1 aliphatic rings. The van der Waals surface area contributed by atoms with Gasteiger partial charge >= 0.3 is 0 Å². The van der Waals surface area contributed by atoms with Gasteiger partial charge in [0.05, 0.1) is 17.0 Å². The predicted molar refractivity (Wildman–Crippen MR) is 130 cm³/mol. The van der Waals surface area contributed by atoms with E-state index in [1.54, 1.807) is 24.3 Å². The van der Waals surface area contributed by atoms with Crippen molar-refractivity contribution < 1.29 is 18.0 Å². The van der Waals surface area contributed by atoms with Gasteiger partial charge in [-0.05, 0) is 43.4 Å². The Bertz CT molecular complexity index is 1070. The van der Waals surface area contributed by atoms with Crippen LogP contribution in [0.25, 0.3) is 0 Å². The van der Waals surface area contributed by atoms with Gasteiger partial charge in [-0.25, -0.2) is 12.7 Å². The number of nitrogens with one attached hydrogen (secondary N) is 2. The highest BCUT2D eigenvalue weighted by Gasteiger charge is 2.31. The highest BCUT2D eigenvalue weighted by Crippen LogP contribution is 2.24. The molecule has 0 radical (unpaired) electrons. The molecule has 0 unspecified atom stereocenters. The first kappa shape index (κ1) is 24.9. The topological polar surface area (TPSA) is 95.6 Å². The number of hydrogen-bond donors (Lipinski definition) is 2. The lowest BCUT2D eigenvalue weighted by atomic mass is 9.97. The molecule has 178 valence electrons. The number of nitrogens with zero attached hydrogens (tertiary/aromatic N) is 1. The quantitative estimate of drug-likeness (QED) is 0.615. The number of carbonyl (C=O) groups excluding carboxylic acids is 2. The lowest BCUT2D eigenvalue weighted by molar-refractivity contribution is -0.120. The molecular formula is C25H33N3O4S. The lowest BCUT2D eigenvalue weighted by Gasteiger charge is -2.30. The largest absolute Gasteiger partial charge is 0.352 e. The fraction of sp³-hybridized carbons (Fsp3) is 0.440. The number of benzene rings is 2. The van der Waals surface area contributed by atoms with Crippen molar-refractivity contribution >= 4 is 27.5 Å². The van der Waals surface area contributed by atoms with Crippen molar-refractivity contribution in [2.45, 2.75) is 39.4 Å². The van der Waals surface area contributed by atoms with E-state index in [4.69, 9.17) is 0 Å². The average molecular weight is 472 g/mol. The second-order valence-corrected chi connectivity index (χ2v) is 11.0. The minimum absolute atomic E-state index is 0.0387. The summed E-state index contributed by atoms with van der Waals surface area (Å²) >= 11 is 0. The zero-order chi connectivity index (χ0) is 24.0. The van der Waals surface area contributed by atoms with Crippen LogP contribution in [-0.2, 0) is 20.6 Å². The maximum Gasteiger partial charge on any atom is 0.253 e. The zero-order valence-electron chi connectivity index (χ0n) is 19.5. The number of hydrogen-bond acceptors (Lipinski definition) is 4. The Labute approximate surface area is 196 Å². The van der Waals surface area contributed by atoms with Crippen molar-refractivity contribution in [3.05, 3.63) is 65.2 Å². The molecule has 1 aliphatic heterocycles. The third-order valence-electron chi connectivity index (χ3n) is 5.79. The summed E-state index contributed by atoms with van der Waals surface area (Å²) in [6.07, 6.45) is 0.890. The monoisotopic (exact) mass is 471 g/mol. The Morgan fingerprint density at radius 2 is 1.67 bits per heavy atom. The molecule has 0 aliphatic carbocycles. The van der Waals surface area contributed by atoms with E-state index in [1.807, 2.05) is 45.0 Å². The first-order chi connectivity index (χ1) is 15.7. The fourth-order valence-corrected chi connectivity index (χ4v) is 5.36. The highest BCUT2D eigenvalue weighted by atomic mass is 32.2. The molecule has 0 spiro atoms. The highest BCUT2D eigenvalue weighted by molar-refractivity contribution is 7.88. The van der Waals surface area contributed by atoms with Crippen molar-refractivity contribution in [1.82, 2.24) is 9.62 Å². The molecule has 0 aromatic heterocycles. The Morgan fingerprint density at radius 1 is 1.03 bits per heavy atom. The number of carbonyl (C=O) groups is 2. The van der Waals surface area contributed by atoms with Crippen molar-refractivity contribution in [2.24, 2.45) is 11.8 Å². The molecule has 0 saturated carbocycles. The van der Waals surface area contributed by atoms with Crippen LogP contribution in [0.4, 0.5) is 5.69 Å². The summed E-state index contributed by atoms with van der Waals surface area (Å²) < 4.78 is 27.1. The molecule has 7 nitrogen and oxygen atoms in total. The van der Waals surface area contributed by atoms with Crippen molar-refractivity contribution in [1.29, 1.82) is 0 Å². The summed E-state index contributed by atoms with van der Waals surface area (Å²) in [7, 11) is -3.44. The van der Waals surface area contributed by atoms with Crippen LogP contribution in [0.3, 0.4) is 0 Å². The van der Waals surface area contributed by atoms with Crippen LogP contribution in [0.2, 0.25) is 0 Å². The summed E-state index contributed by atoms with van der Waals surface area (Å²) in [6.45, 7) is 7.16. The van der Waals surface area contributed by atoms with Crippen LogP contribution in [0.15, 0.2) is 48.5 Å². The maximum absolute atomic E-state index is 12.9. The number of para-hydroxylation sites is 1. The minimum atomic E-state index is -3.44. The van der Waals surface area contributed by atoms with Gasteiger partial charge in [0, 0.05) is 25.6 Å². The van der Waals surface area contributed by atoms with E-state index < -0.39 is 10.0 Å². The molecule has 0 atom stereocenters. The molecule has 2 aromatic carbocycles. The summed E-state index contributed by atoms with van der Waals surface area (Å²) in [4.78, 5) is 25.4. The van der Waals surface area contributed by atoms with Gasteiger partial charge in [0.1, 0.15) is 0 Å². The van der Waals surface area contributed by atoms with Crippen molar-refractivity contribution in [3.8, 4) is 0 Å². The molecule has 0 bridgehead atoms. The Balaban J connectivity index is 1.58. The molecule has 33 heavy (non-hydrogen) atoms. The molecular weight excluding hydrogens is 438 g/mol. The molecule has 1 saturated heterocycles. The van der Waals surface area contributed by atoms with E-state index in [1.165, 1.54) is 4.31 Å². The van der Waals surface area contributed by atoms with Crippen LogP contribution in [-0.4, -0.2) is 44.2 Å². The molecule has 1 heterocycles. The standard InChI is InChI=1S/C25H33N3O4S/c1-18(2)16-26-25(30)22-6-4-5-7-23(22)27-24(29)21-12-14-28(15-13-21)33(31,32)17-20-10-8-19(3)9-11-20/h4-11,18,21H,12-17H2,1-3H3,(H,26,30)(H,27,29). The number of rotatable bonds is 8. The number of amides is 2. The molecule has 2 amide bonds. The number of aryl methyl sites for hydroxylation is 1. The van der Waals surface area contributed by atoms with Gasteiger partial charge in [-0.3, -0.25) is 9.59 Å². The third kappa shape index (κ3) is 6.88. The van der Waals surface area contributed by atoms with Gasteiger partial charge in [-0.15, -0.1) is 0 Å². The lowest BCUT2D eigenvalue weighted by Crippen LogP contribution is -2.42. The SMILES string of the molecule is Cc1ccc(CS(=O)(=O)N2CCC(C(=O)Nc3ccccc3C(=O)NCC(C)C)CC2)cc1. The van der Waals surface area contributed by atoms with Crippen LogP contribution < -0.4 is 10.6 Å². The van der Waals surface area contributed by atoms with E-state index in [0.29, 0.717) is 49.6 Å². The molecule has 8 heteroatoms. The van der Waals surface area contributed by atoms with Crippen LogP contribution in [0.1, 0.15) is 48.2 Å². The smallest absolute Gasteiger partial charge is 0.253 e. The molecule has 3 rings (SSSR count). The molecule has 1 fully saturated rings. The van der Waals surface area contributed by atoms with Gasteiger partial charge in [0.15, 0.2) is 0 Å². The van der Waals surface area contributed by atoms with Crippen molar-refractivity contribution in [2.75, 3.05) is 25.0 Å². The second-order valence-electron chi connectivity index (χ2n) is 9.05. The van der Waals surface area contributed by atoms with Gasteiger partial charge in [0.25, 0.3) is 5.91 Å². The molecule has 2 aromatic rings. The van der Waals surface area contributed by atoms with Crippen molar-refractivity contribution in [3.63, 3.8) is 0 Å². The first-order valence-corrected chi connectivity index (χ1v) is 13.0. The van der Waals surface area contributed by atoms with E-state index in [9.17, 15) is 18.0 Å². The number of sulfonamides is 1. The van der Waals surface area contributed by atoms with Crippen LogP contribution in [0.5, 0.6) is 0 Å². The van der Waals surface area contributed by atoms with E-state index >= 15 is 0 Å². The van der Waals surface area contributed by atoms with Crippen LogP contribution in [0, 0.1) is 18.8 Å². The summed E-state index contributed by atoms with van der Waals surface area (Å²) in [5.74, 6) is -0.430. The predicted octanol–water partition coefficient (Wildman–Crippen LogP) is 3.56. The van der Waals surface area contributed by atoms with E-state index in [2.05, 4.69) is 10.6 Å². The Morgan fingerprint density at radius 3 is 2.30 bits per heavy atom. The van der Waals surface area contributed by atoms with Gasteiger partial charge in [0.2, 0.25) is 15.9 Å². The summed E-state index contributed by atoms with van der Waals surface area (Å²) in [5.41, 5.74) is 2.73. The number of piperidine rings is 1. The normalized spacial score (nSPS) is 15.4.